The Bertz CT molecular complexity index is 379. The molecule has 1 aliphatic rings. The lowest BCUT2D eigenvalue weighted by atomic mass is 10.1. The number of amides is 4. The standard InChI is InChI=1S/C12H19N3O3/c1-4-5-8-14(2)12(18)15(3)9-6-7-10(16)13-11(9)17/h5,8-9H,4,6-7H2,1-3H3,(H,13,16,17)/b8-5+. The molecular formula is C12H19N3O3. The Labute approximate surface area is 107 Å². The van der Waals surface area contributed by atoms with E-state index in [0.29, 0.717) is 6.42 Å². The Kier molecular flexibility index (Phi) is 4.88. The van der Waals surface area contributed by atoms with Crippen LogP contribution in [0.5, 0.6) is 0 Å². The van der Waals surface area contributed by atoms with Gasteiger partial charge in [-0.15, -0.1) is 0 Å². The number of carbonyl (C=O) groups is 3. The van der Waals surface area contributed by atoms with Crippen molar-refractivity contribution in [3.63, 3.8) is 0 Å². The van der Waals surface area contributed by atoms with Crippen LogP contribution in [-0.2, 0) is 9.59 Å². The summed E-state index contributed by atoms with van der Waals surface area (Å²) in [5, 5.41) is 2.24. The molecule has 1 N–H and O–H groups in total. The first kappa shape index (κ1) is 14.2. The molecule has 0 aromatic heterocycles. The van der Waals surface area contributed by atoms with Crippen LogP contribution in [0, 0.1) is 0 Å². The summed E-state index contributed by atoms with van der Waals surface area (Å²) >= 11 is 0. The molecule has 0 saturated carbocycles. The fourth-order valence-corrected chi connectivity index (χ4v) is 1.76. The van der Waals surface area contributed by atoms with Gasteiger partial charge in [-0.1, -0.05) is 13.0 Å². The van der Waals surface area contributed by atoms with E-state index in [0.717, 1.165) is 6.42 Å². The molecule has 1 aliphatic heterocycles. The highest BCUT2D eigenvalue weighted by atomic mass is 16.2. The number of rotatable bonds is 3. The van der Waals surface area contributed by atoms with Gasteiger partial charge in [-0.3, -0.25) is 14.9 Å². The van der Waals surface area contributed by atoms with Crippen LogP contribution in [-0.4, -0.2) is 47.8 Å². The van der Waals surface area contributed by atoms with Crippen LogP contribution in [0.2, 0.25) is 0 Å². The van der Waals surface area contributed by atoms with E-state index in [2.05, 4.69) is 5.32 Å². The molecule has 1 fully saturated rings. The molecular weight excluding hydrogens is 234 g/mol. The minimum Gasteiger partial charge on any atom is -0.315 e. The molecule has 1 heterocycles. The van der Waals surface area contributed by atoms with Crippen molar-refractivity contribution in [3.8, 4) is 0 Å². The summed E-state index contributed by atoms with van der Waals surface area (Å²) in [6.45, 7) is 1.97. The Morgan fingerprint density at radius 2 is 2.11 bits per heavy atom. The predicted molar refractivity (Wildman–Crippen MR) is 66.5 cm³/mol. The van der Waals surface area contributed by atoms with Gasteiger partial charge in [0, 0.05) is 26.7 Å². The quantitative estimate of drug-likeness (QED) is 0.753. The summed E-state index contributed by atoms with van der Waals surface area (Å²) < 4.78 is 0. The molecule has 18 heavy (non-hydrogen) atoms. The highest BCUT2D eigenvalue weighted by molar-refractivity contribution is 6.01. The first-order chi connectivity index (χ1) is 8.47. The van der Waals surface area contributed by atoms with Gasteiger partial charge in [0.1, 0.15) is 6.04 Å². The SMILES string of the molecule is CC/C=C/N(C)C(=O)N(C)C1CCC(=O)NC1=O. The second-order valence-electron chi connectivity index (χ2n) is 4.26. The molecule has 0 aromatic carbocycles. The number of likely N-dealkylation sites (N-methyl/N-ethyl adjacent to an activating group) is 1. The van der Waals surface area contributed by atoms with Crippen molar-refractivity contribution in [2.24, 2.45) is 0 Å². The van der Waals surface area contributed by atoms with Gasteiger partial charge in [0.05, 0.1) is 0 Å². The zero-order valence-electron chi connectivity index (χ0n) is 11.0. The monoisotopic (exact) mass is 253 g/mol. The van der Waals surface area contributed by atoms with Crippen LogP contribution < -0.4 is 5.32 Å². The van der Waals surface area contributed by atoms with Gasteiger partial charge in [0.25, 0.3) is 0 Å². The zero-order valence-corrected chi connectivity index (χ0v) is 11.0. The van der Waals surface area contributed by atoms with Crippen LogP contribution in [0.3, 0.4) is 0 Å². The number of hydrogen-bond acceptors (Lipinski definition) is 3. The van der Waals surface area contributed by atoms with Crippen molar-refractivity contribution < 1.29 is 14.4 Å². The minimum atomic E-state index is -0.576. The maximum atomic E-state index is 12.0. The molecule has 0 aliphatic carbocycles. The summed E-state index contributed by atoms with van der Waals surface area (Å²) in [5.41, 5.74) is 0. The molecule has 6 heteroatoms. The number of nitrogens with one attached hydrogen (secondary N) is 1. The number of carbonyl (C=O) groups excluding carboxylic acids is 3. The molecule has 1 unspecified atom stereocenters. The molecule has 1 atom stereocenters. The number of piperidine rings is 1. The Balaban J connectivity index is 2.66. The molecule has 0 bridgehead atoms. The smallest absolute Gasteiger partial charge is 0.315 e. The Morgan fingerprint density at radius 3 is 2.67 bits per heavy atom. The average Bonchev–Trinajstić information content (AvgIpc) is 2.34. The van der Waals surface area contributed by atoms with Crippen LogP contribution in [0.1, 0.15) is 26.2 Å². The lowest BCUT2D eigenvalue weighted by molar-refractivity contribution is -0.136. The number of hydrogen-bond donors (Lipinski definition) is 1. The molecule has 1 rings (SSSR count). The fourth-order valence-electron chi connectivity index (χ4n) is 1.76. The topological polar surface area (TPSA) is 69.7 Å². The summed E-state index contributed by atoms with van der Waals surface area (Å²) in [7, 11) is 3.20. The Hall–Kier alpha value is -1.85. The number of allylic oxidation sites excluding steroid dienone is 1. The zero-order chi connectivity index (χ0) is 13.7. The first-order valence-corrected chi connectivity index (χ1v) is 5.97. The van der Waals surface area contributed by atoms with Crippen molar-refractivity contribution in [3.05, 3.63) is 12.3 Å². The van der Waals surface area contributed by atoms with Crippen molar-refractivity contribution in [2.75, 3.05) is 14.1 Å². The fraction of sp³-hybridized carbons (Fsp3) is 0.583. The summed E-state index contributed by atoms with van der Waals surface area (Å²) in [4.78, 5) is 37.5. The second-order valence-corrected chi connectivity index (χ2v) is 4.26. The first-order valence-electron chi connectivity index (χ1n) is 5.97. The molecule has 1 saturated heterocycles. The molecule has 0 radical (unpaired) electrons. The lowest BCUT2D eigenvalue weighted by Gasteiger charge is -2.31. The third-order valence-electron chi connectivity index (χ3n) is 2.85. The van der Waals surface area contributed by atoms with Gasteiger partial charge in [0.2, 0.25) is 11.8 Å². The highest BCUT2D eigenvalue weighted by Gasteiger charge is 2.32. The van der Waals surface area contributed by atoms with Gasteiger partial charge in [-0.25, -0.2) is 4.79 Å². The van der Waals surface area contributed by atoms with E-state index in [4.69, 9.17) is 0 Å². The van der Waals surface area contributed by atoms with E-state index in [9.17, 15) is 14.4 Å². The van der Waals surface area contributed by atoms with Gasteiger partial charge in [-0.05, 0) is 12.8 Å². The van der Waals surface area contributed by atoms with Gasteiger partial charge in [0.15, 0.2) is 0 Å². The summed E-state index contributed by atoms with van der Waals surface area (Å²) in [5.74, 6) is -0.689. The van der Waals surface area contributed by atoms with E-state index >= 15 is 0 Å². The third-order valence-corrected chi connectivity index (χ3v) is 2.85. The summed E-state index contributed by atoms with van der Waals surface area (Å²) in [6, 6.07) is -0.845. The van der Waals surface area contributed by atoms with Crippen LogP contribution in [0.25, 0.3) is 0 Å². The predicted octanol–water partition coefficient (Wildman–Crippen LogP) is 0.699. The number of urea groups is 1. The van der Waals surface area contributed by atoms with Gasteiger partial charge >= 0.3 is 6.03 Å². The average molecular weight is 253 g/mol. The van der Waals surface area contributed by atoms with Crippen molar-refractivity contribution >= 4 is 17.8 Å². The molecule has 0 spiro atoms. The molecule has 6 nitrogen and oxygen atoms in total. The van der Waals surface area contributed by atoms with Crippen LogP contribution >= 0.6 is 0 Å². The highest BCUT2D eigenvalue weighted by Crippen LogP contribution is 2.12. The molecule has 100 valence electrons. The normalized spacial score (nSPS) is 19.8. The summed E-state index contributed by atoms with van der Waals surface area (Å²) in [6.07, 6.45) is 5.00. The van der Waals surface area contributed by atoms with Crippen molar-refractivity contribution in [2.45, 2.75) is 32.2 Å². The van der Waals surface area contributed by atoms with Crippen molar-refractivity contribution in [1.82, 2.24) is 15.1 Å². The van der Waals surface area contributed by atoms with E-state index in [1.165, 1.54) is 9.80 Å². The van der Waals surface area contributed by atoms with Gasteiger partial charge in [-0.2, -0.15) is 0 Å². The van der Waals surface area contributed by atoms with E-state index in [-0.39, 0.29) is 18.4 Å². The number of imide groups is 1. The lowest BCUT2D eigenvalue weighted by Crippen LogP contribution is -2.54. The maximum Gasteiger partial charge on any atom is 0.324 e. The molecule has 4 amide bonds. The van der Waals surface area contributed by atoms with Crippen molar-refractivity contribution in [1.29, 1.82) is 0 Å². The minimum absolute atomic E-state index is 0.266. The van der Waals surface area contributed by atoms with E-state index < -0.39 is 11.9 Å². The molecule has 0 aromatic rings. The van der Waals surface area contributed by atoms with E-state index in [1.807, 2.05) is 13.0 Å². The largest absolute Gasteiger partial charge is 0.324 e. The van der Waals surface area contributed by atoms with Gasteiger partial charge < -0.3 is 9.80 Å². The second kappa shape index (κ2) is 6.18. The Morgan fingerprint density at radius 1 is 1.44 bits per heavy atom. The van der Waals surface area contributed by atoms with Crippen LogP contribution in [0.4, 0.5) is 4.79 Å². The van der Waals surface area contributed by atoms with Crippen LogP contribution in [0.15, 0.2) is 12.3 Å². The van der Waals surface area contributed by atoms with E-state index in [1.54, 1.807) is 20.3 Å². The maximum absolute atomic E-state index is 12.0. The third kappa shape index (κ3) is 3.32. The number of nitrogens with zero attached hydrogens (tertiary/aromatic N) is 2.